The number of benzene rings is 2. The van der Waals surface area contributed by atoms with Crippen LogP contribution in [0.2, 0.25) is 5.02 Å². The fourth-order valence-electron chi connectivity index (χ4n) is 2.95. The van der Waals surface area contributed by atoms with Crippen molar-refractivity contribution in [2.75, 3.05) is 7.05 Å². The monoisotopic (exact) mass is 311 g/mol. The van der Waals surface area contributed by atoms with E-state index in [1.807, 2.05) is 13.1 Å². The Morgan fingerprint density at radius 1 is 1.15 bits per heavy atom. The van der Waals surface area contributed by atoms with Crippen LogP contribution in [0, 0.1) is 5.82 Å². The lowest BCUT2D eigenvalue weighted by atomic mass is 9.93. The minimum absolute atomic E-state index is 0. The van der Waals surface area contributed by atoms with Crippen LogP contribution in [0.4, 0.5) is 4.39 Å². The molecule has 2 aromatic rings. The van der Waals surface area contributed by atoms with E-state index in [1.54, 1.807) is 6.07 Å². The van der Waals surface area contributed by atoms with Crippen LogP contribution in [-0.2, 0) is 0 Å². The van der Waals surface area contributed by atoms with Crippen LogP contribution in [0.15, 0.2) is 42.5 Å². The highest BCUT2D eigenvalue weighted by Gasteiger charge is 2.30. The van der Waals surface area contributed by atoms with Gasteiger partial charge >= 0.3 is 0 Å². The molecule has 0 saturated heterocycles. The normalized spacial score (nSPS) is 20.4. The molecule has 0 bridgehead atoms. The van der Waals surface area contributed by atoms with Crippen LogP contribution in [0.5, 0.6) is 0 Å². The molecule has 0 aliphatic heterocycles. The van der Waals surface area contributed by atoms with Crippen LogP contribution < -0.4 is 5.32 Å². The Hall–Kier alpha value is -1.09. The van der Waals surface area contributed by atoms with Crippen LogP contribution in [0.1, 0.15) is 35.1 Å². The van der Waals surface area contributed by atoms with E-state index < -0.39 is 0 Å². The van der Waals surface area contributed by atoms with Crippen molar-refractivity contribution in [3.63, 3.8) is 0 Å². The largest absolute Gasteiger partial charge is 0.313 e. The standard InChI is InChI=1S/C16H15ClFN.ClH/c1-19-16-9-13(11-4-2-3-5-12(11)16)10-6-7-15(18)14(17)8-10;/h2-8,13,16,19H,9H2,1H3;1H. The smallest absolute Gasteiger partial charge is 0.141 e. The molecule has 0 amide bonds. The second kappa shape index (κ2) is 6.13. The van der Waals surface area contributed by atoms with E-state index in [0.29, 0.717) is 6.04 Å². The molecule has 2 aromatic carbocycles. The summed E-state index contributed by atoms with van der Waals surface area (Å²) in [5, 5.41) is 3.54. The summed E-state index contributed by atoms with van der Waals surface area (Å²) in [6.07, 6.45) is 0.984. The molecule has 106 valence electrons. The van der Waals surface area contributed by atoms with E-state index in [-0.39, 0.29) is 29.2 Å². The van der Waals surface area contributed by atoms with Crippen molar-refractivity contribution in [1.82, 2.24) is 5.32 Å². The average Bonchev–Trinajstić information content (AvgIpc) is 2.81. The van der Waals surface area contributed by atoms with Gasteiger partial charge in [-0.05, 0) is 42.3 Å². The Morgan fingerprint density at radius 3 is 2.50 bits per heavy atom. The highest BCUT2D eigenvalue weighted by atomic mass is 35.5. The van der Waals surface area contributed by atoms with Crippen molar-refractivity contribution in [1.29, 1.82) is 0 Å². The Labute approximate surface area is 129 Å². The summed E-state index contributed by atoms with van der Waals surface area (Å²) in [7, 11) is 1.97. The molecule has 0 aromatic heterocycles. The van der Waals surface area contributed by atoms with Crippen molar-refractivity contribution >= 4 is 24.0 Å². The highest BCUT2D eigenvalue weighted by Crippen LogP contribution is 2.44. The number of hydrogen-bond donors (Lipinski definition) is 1. The zero-order chi connectivity index (χ0) is 13.4. The van der Waals surface area contributed by atoms with E-state index in [4.69, 9.17) is 11.6 Å². The van der Waals surface area contributed by atoms with Gasteiger partial charge in [0.25, 0.3) is 0 Å². The van der Waals surface area contributed by atoms with Gasteiger partial charge in [0.2, 0.25) is 0 Å². The van der Waals surface area contributed by atoms with E-state index in [2.05, 4.69) is 29.6 Å². The van der Waals surface area contributed by atoms with Gasteiger partial charge in [-0.3, -0.25) is 0 Å². The van der Waals surface area contributed by atoms with E-state index >= 15 is 0 Å². The summed E-state index contributed by atoms with van der Waals surface area (Å²) >= 11 is 5.90. The van der Waals surface area contributed by atoms with Crippen molar-refractivity contribution in [2.24, 2.45) is 0 Å². The van der Waals surface area contributed by atoms with Crippen LogP contribution in [0.25, 0.3) is 0 Å². The lowest BCUT2D eigenvalue weighted by Crippen LogP contribution is -2.13. The van der Waals surface area contributed by atoms with Crippen molar-refractivity contribution in [2.45, 2.75) is 18.4 Å². The molecule has 1 N–H and O–H groups in total. The van der Waals surface area contributed by atoms with Crippen molar-refractivity contribution < 1.29 is 4.39 Å². The predicted molar refractivity (Wildman–Crippen MR) is 83.4 cm³/mol. The molecule has 1 nitrogen and oxygen atoms in total. The van der Waals surface area contributed by atoms with E-state index in [9.17, 15) is 4.39 Å². The number of halogens is 3. The Bertz CT molecular complexity index is 615. The van der Waals surface area contributed by atoms with Gasteiger partial charge in [-0.15, -0.1) is 12.4 Å². The summed E-state index contributed by atoms with van der Waals surface area (Å²) in [6, 6.07) is 13.8. The third-order valence-electron chi connectivity index (χ3n) is 3.91. The molecule has 4 heteroatoms. The molecule has 1 aliphatic rings. The van der Waals surface area contributed by atoms with Gasteiger partial charge in [0, 0.05) is 12.0 Å². The molecule has 0 heterocycles. The van der Waals surface area contributed by atoms with Gasteiger partial charge in [0.05, 0.1) is 5.02 Å². The Kier molecular flexibility index (Phi) is 4.69. The van der Waals surface area contributed by atoms with Gasteiger partial charge < -0.3 is 5.32 Å². The van der Waals surface area contributed by atoms with Crippen LogP contribution in [-0.4, -0.2) is 7.05 Å². The zero-order valence-electron chi connectivity index (χ0n) is 11.1. The summed E-state index contributed by atoms with van der Waals surface area (Å²) < 4.78 is 13.3. The Morgan fingerprint density at radius 2 is 1.85 bits per heavy atom. The summed E-state index contributed by atoms with van der Waals surface area (Å²) in [5.41, 5.74) is 3.72. The first kappa shape index (κ1) is 15.3. The molecule has 20 heavy (non-hydrogen) atoms. The lowest BCUT2D eigenvalue weighted by Gasteiger charge is -2.13. The maximum atomic E-state index is 13.3. The van der Waals surface area contributed by atoms with Crippen molar-refractivity contribution in [3.05, 3.63) is 70.0 Å². The minimum atomic E-state index is -0.359. The number of nitrogens with one attached hydrogen (secondary N) is 1. The summed E-state index contributed by atoms with van der Waals surface area (Å²) in [6.45, 7) is 0. The van der Waals surface area contributed by atoms with E-state index in [1.165, 1.54) is 17.2 Å². The topological polar surface area (TPSA) is 12.0 Å². The molecular weight excluding hydrogens is 296 g/mol. The van der Waals surface area contributed by atoms with Crippen LogP contribution >= 0.6 is 24.0 Å². The number of hydrogen-bond acceptors (Lipinski definition) is 1. The quantitative estimate of drug-likeness (QED) is 0.848. The summed E-state index contributed by atoms with van der Waals surface area (Å²) in [5.74, 6) is -0.0754. The van der Waals surface area contributed by atoms with Crippen LogP contribution in [0.3, 0.4) is 0 Å². The Balaban J connectivity index is 0.00000147. The number of fused-ring (bicyclic) bond motifs is 1. The predicted octanol–water partition coefficient (Wildman–Crippen LogP) is 4.70. The fraction of sp³-hybridized carbons (Fsp3) is 0.250. The third-order valence-corrected chi connectivity index (χ3v) is 4.20. The molecular formula is C16H16Cl2FN. The molecule has 2 atom stereocenters. The first-order valence-corrected chi connectivity index (χ1v) is 6.79. The summed E-state index contributed by atoms with van der Waals surface area (Å²) in [4.78, 5) is 0. The SMILES string of the molecule is CNC1CC(c2ccc(F)c(Cl)c2)c2ccccc21.Cl. The van der Waals surface area contributed by atoms with Gasteiger partial charge in [0.15, 0.2) is 0 Å². The highest BCUT2D eigenvalue weighted by molar-refractivity contribution is 6.30. The van der Waals surface area contributed by atoms with Gasteiger partial charge in [-0.25, -0.2) is 4.39 Å². The molecule has 0 radical (unpaired) electrons. The fourth-order valence-corrected chi connectivity index (χ4v) is 3.14. The minimum Gasteiger partial charge on any atom is -0.313 e. The molecule has 3 rings (SSSR count). The molecule has 1 aliphatic carbocycles. The molecule has 0 saturated carbocycles. The maximum Gasteiger partial charge on any atom is 0.141 e. The third kappa shape index (κ3) is 2.56. The second-order valence-corrected chi connectivity index (χ2v) is 5.34. The molecule has 2 unspecified atom stereocenters. The maximum absolute atomic E-state index is 13.3. The number of rotatable bonds is 2. The van der Waals surface area contributed by atoms with Gasteiger partial charge in [-0.2, -0.15) is 0 Å². The zero-order valence-corrected chi connectivity index (χ0v) is 12.6. The van der Waals surface area contributed by atoms with Gasteiger partial charge in [0.1, 0.15) is 5.82 Å². The molecule has 0 fully saturated rings. The lowest BCUT2D eigenvalue weighted by molar-refractivity contribution is 0.563. The first-order valence-electron chi connectivity index (χ1n) is 6.41. The van der Waals surface area contributed by atoms with Crippen molar-refractivity contribution in [3.8, 4) is 0 Å². The van der Waals surface area contributed by atoms with E-state index in [0.717, 1.165) is 12.0 Å². The first-order chi connectivity index (χ1) is 9.20. The second-order valence-electron chi connectivity index (χ2n) is 4.93. The average molecular weight is 312 g/mol. The molecule has 0 spiro atoms. The van der Waals surface area contributed by atoms with Gasteiger partial charge in [-0.1, -0.05) is 41.9 Å².